The maximum Gasteiger partial charge on any atom is 3.00 e. The monoisotopic (exact) mass is 513 g/mol. The Morgan fingerprint density at radius 1 is 0.871 bits per heavy atom. The maximum absolute atomic E-state index is 11.4. The van der Waals surface area contributed by atoms with Crippen LogP contribution in [0.2, 0.25) is 0 Å². The minimum Gasteiger partial charge on any atom is -0.876 e. The summed E-state index contributed by atoms with van der Waals surface area (Å²) in [4.78, 5) is 44.8. The molecule has 0 atom stereocenters. The Morgan fingerprint density at radius 2 is 1.32 bits per heavy atom. The molecule has 2 aromatic heterocycles. The number of allylic oxidation sites excluding steroid dienone is 4. The van der Waals surface area contributed by atoms with Crippen LogP contribution in [0, 0.1) is 0 Å². The van der Waals surface area contributed by atoms with E-state index in [1.165, 1.54) is 27.7 Å². The van der Waals surface area contributed by atoms with E-state index < -0.39 is 11.6 Å². The number of H-pyrrole nitrogens is 1. The molecule has 31 heavy (non-hydrogen) atoms. The Kier molecular flexibility index (Phi) is 11.5. The van der Waals surface area contributed by atoms with E-state index in [-0.39, 0.29) is 53.7 Å². The van der Waals surface area contributed by atoms with Gasteiger partial charge in [0.05, 0.1) is 11.0 Å². The fourth-order valence-electron chi connectivity index (χ4n) is 2.07. The molecule has 10 nitrogen and oxygen atoms in total. The molecule has 3 rings (SSSR count). The van der Waals surface area contributed by atoms with Gasteiger partial charge in [-0.2, -0.15) is 4.98 Å². The number of nitrogens with zero attached hydrogens (tertiary/aromatic N) is 3. The summed E-state index contributed by atoms with van der Waals surface area (Å²) in [5.74, 6) is -1.31. The Hall–Kier alpha value is -3.46. The summed E-state index contributed by atoms with van der Waals surface area (Å²) < 4.78 is 0. The first-order valence-electron chi connectivity index (χ1n) is 8.55. The van der Waals surface area contributed by atoms with Gasteiger partial charge in [-0.25, -0.2) is 14.8 Å². The minimum absolute atomic E-state index is 0. The number of rotatable bonds is 2. The Balaban J connectivity index is 0.000000510. The fraction of sp³-hybridized carbons (Fsp3) is 0.200. The van der Waals surface area contributed by atoms with Crippen molar-refractivity contribution in [2.24, 2.45) is 0 Å². The van der Waals surface area contributed by atoms with Crippen LogP contribution in [-0.4, -0.2) is 31.5 Å². The van der Waals surface area contributed by atoms with Gasteiger partial charge in [0.1, 0.15) is 5.52 Å². The molecule has 1 aromatic carbocycles. The number of nitrogens with one attached hydrogen (secondary N) is 1. The van der Waals surface area contributed by atoms with Gasteiger partial charge in [0.15, 0.2) is 17.2 Å². The van der Waals surface area contributed by atoms with Gasteiger partial charge in [0, 0.05) is 0 Å². The third-order valence-electron chi connectivity index (χ3n) is 3.01. The third kappa shape index (κ3) is 10.2. The fourth-order valence-corrected chi connectivity index (χ4v) is 2.07. The normalized spacial score (nSPS) is 10.8. The van der Waals surface area contributed by atoms with Gasteiger partial charge in [-0.05, 0) is 44.0 Å². The van der Waals surface area contributed by atoms with Gasteiger partial charge in [-0.1, -0.05) is 26.0 Å². The molecule has 0 saturated carbocycles. The molecule has 163 valence electrons. The van der Waals surface area contributed by atoms with E-state index in [9.17, 15) is 29.7 Å². The first-order valence-corrected chi connectivity index (χ1v) is 8.55. The van der Waals surface area contributed by atoms with Crippen molar-refractivity contribution < 1.29 is 44.4 Å². The zero-order valence-corrected chi connectivity index (χ0v) is 18.8. The quantitative estimate of drug-likeness (QED) is 0.208. The molecule has 0 saturated heterocycles. The summed E-state index contributed by atoms with van der Waals surface area (Å²) in [7, 11) is 0. The van der Waals surface area contributed by atoms with E-state index >= 15 is 0 Å². The summed E-state index contributed by atoms with van der Waals surface area (Å²) in [6.07, 6.45) is 2.11. The predicted molar refractivity (Wildman–Crippen MR) is 104 cm³/mol. The molecule has 0 fully saturated rings. The average molecular weight is 512 g/mol. The average Bonchev–Trinajstić information content (AvgIpc) is 2.59. The van der Waals surface area contributed by atoms with E-state index in [4.69, 9.17) is 0 Å². The molecule has 0 bridgehead atoms. The van der Waals surface area contributed by atoms with Crippen molar-refractivity contribution >= 4 is 33.8 Å². The molecule has 1 radical (unpaired) electrons. The van der Waals surface area contributed by atoms with Crippen LogP contribution in [-0.2, 0) is 29.1 Å². The summed E-state index contributed by atoms with van der Waals surface area (Å²) in [5, 5.41) is 31.4. The number of carbonyl (C=O) groups excluding carboxylic acids is 2. The van der Waals surface area contributed by atoms with Gasteiger partial charge in [0.25, 0.3) is 0 Å². The van der Waals surface area contributed by atoms with E-state index in [0.29, 0.717) is 11.0 Å². The van der Waals surface area contributed by atoms with Gasteiger partial charge >= 0.3 is 25.2 Å². The number of aromatic nitrogens is 4. The van der Waals surface area contributed by atoms with Crippen molar-refractivity contribution in [1.29, 1.82) is 0 Å². The predicted octanol–water partition coefficient (Wildman–Crippen LogP) is -0.384. The Labute approximate surface area is 190 Å². The van der Waals surface area contributed by atoms with E-state index in [1.807, 2.05) is 0 Å². The van der Waals surface area contributed by atoms with Gasteiger partial charge in [-0.3, -0.25) is 9.59 Å². The van der Waals surface area contributed by atoms with Gasteiger partial charge < -0.3 is 20.3 Å². The molecular weight excluding hydrogens is 493 g/mol. The molecule has 1 N–H and O–H groups in total. The van der Waals surface area contributed by atoms with Crippen molar-refractivity contribution in [3.05, 3.63) is 58.4 Å². The molecular formula is C20H19N4O6Ru. The van der Waals surface area contributed by atoms with Crippen LogP contribution in [0.4, 0.5) is 0 Å². The van der Waals surface area contributed by atoms with Crippen molar-refractivity contribution in [3.63, 3.8) is 0 Å². The molecule has 0 aliphatic heterocycles. The van der Waals surface area contributed by atoms with Crippen LogP contribution in [0.1, 0.15) is 27.7 Å². The number of hydrogen-bond donors (Lipinski definition) is 1. The van der Waals surface area contributed by atoms with E-state index in [2.05, 4.69) is 19.9 Å². The Bertz CT molecular complexity index is 1150. The van der Waals surface area contributed by atoms with Crippen LogP contribution < -0.4 is 21.0 Å². The Morgan fingerprint density at radius 3 is 1.71 bits per heavy atom. The van der Waals surface area contributed by atoms with E-state index in [1.54, 1.807) is 24.3 Å². The molecule has 0 aliphatic carbocycles. The largest absolute Gasteiger partial charge is 3.00 e. The first kappa shape index (κ1) is 27.5. The van der Waals surface area contributed by atoms with Crippen LogP contribution in [0.25, 0.3) is 22.2 Å². The molecule has 11 heteroatoms. The summed E-state index contributed by atoms with van der Waals surface area (Å²) in [5.41, 5.74) is 0.654. The first-order chi connectivity index (χ1) is 14.0. The van der Waals surface area contributed by atoms with E-state index in [0.717, 1.165) is 12.2 Å². The second-order valence-corrected chi connectivity index (χ2v) is 5.99. The summed E-state index contributed by atoms with van der Waals surface area (Å²) in [6, 6.07) is 7.09. The zero-order valence-electron chi connectivity index (χ0n) is 17.1. The van der Waals surface area contributed by atoms with Crippen LogP contribution >= 0.6 is 0 Å². The standard InChI is InChI=1S/C10H6N4O2.2C5H8O2.Ru/c15-9-7-8(13-10(16)14-9)12-6-4-2-1-3-5(6)11-7;2*1-4(6)3-5(2)7;/h1-4H,(H2,12,13,14,15,16);2*3,6H,1-2H3;/q;;;+3/p-3/b;2*4-3-;. The third-order valence-corrected chi connectivity index (χ3v) is 3.01. The van der Waals surface area contributed by atoms with Crippen LogP contribution in [0.3, 0.4) is 0 Å². The number of fused-ring (bicyclic) bond motifs is 2. The van der Waals surface area contributed by atoms with Gasteiger partial charge in [0.2, 0.25) is 0 Å². The molecule has 0 aliphatic rings. The number of benzene rings is 1. The minimum atomic E-state index is -0.706. The van der Waals surface area contributed by atoms with Crippen LogP contribution in [0.5, 0.6) is 5.88 Å². The molecule has 2 heterocycles. The smallest absolute Gasteiger partial charge is 0.876 e. The molecule has 0 spiro atoms. The van der Waals surface area contributed by atoms with Crippen molar-refractivity contribution in [3.8, 4) is 5.88 Å². The SMILES string of the molecule is CC(=O)/C=C(/C)[O-].CC(=O)/C=C(/C)[O-].O=c1nc2nc3ccccc3nc2c([O-])[nH]1.[Ru+3]. The number of carbonyl (C=O) groups is 2. The summed E-state index contributed by atoms with van der Waals surface area (Å²) >= 11 is 0. The number of ketones is 2. The van der Waals surface area contributed by atoms with Crippen LogP contribution in [0.15, 0.2) is 52.7 Å². The second kappa shape index (κ2) is 13.0. The maximum atomic E-state index is 11.4. The molecule has 0 unspecified atom stereocenters. The topological polar surface area (TPSA) is 175 Å². The van der Waals surface area contributed by atoms with Crippen molar-refractivity contribution in [2.45, 2.75) is 27.7 Å². The number of hydrogen-bond acceptors (Lipinski definition) is 9. The molecule has 0 amide bonds. The summed E-state index contributed by atoms with van der Waals surface area (Å²) in [6.45, 7) is 5.39. The number of para-hydroxylation sites is 2. The number of aromatic amines is 1. The van der Waals surface area contributed by atoms with Gasteiger partial charge in [-0.15, -0.1) is 11.5 Å². The second-order valence-electron chi connectivity index (χ2n) is 5.99. The molecule has 3 aromatic rings. The van der Waals surface area contributed by atoms with Crippen molar-refractivity contribution in [2.75, 3.05) is 0 Å². The zero-order chi connectivity index (χ0) is 22.8. The van der Waals surface area contributed by atoms with Crippen molar-refractivity contribution in [1.82, 2.24) is 19.9 Å².